The summed E-state index contributed by atoms with van der Waals surface area (Å²) in [5.41, 5.74) is 1.07. The Labute approximate surface area is 147 Å². The Balaban J connectivity index is 1.98. The molecular weight excluding hydrogens is 322 g/mol. The van der Waals surface area contributed by atoms with E-state index in [2.05, 4.69) is 21.9 Å². The minimum absolute atomic E-state index is 0.000900. The standard InChI is InChI=1S/C18H25N3O4/c1-14-4-3-10-20(13-14)11-9-19-16-7-5-15(6-8-18(22)25-2)12-17(16)21(23)24/h5-8,12,14,19H,3-4,9-11,13H2,1-2H3/b8-6+. The van der Waals surface area contributed by atoms with Gasteiger partial charge in [-0.3, -0.25) is 10.1 Å². The van der Waals surface area contributed by atoms with E-state index in [1.54, 1.807) is 12.1 Å². The molecule has 1 N–H and O–H groups in total. The molecule has 1 aromatic rings. The minimum Gasteiger partial charge on any atom is -0.466 e. The van der Waals surface area contributed by atoms with Crippen molar-refractivity contribution in [3.8, 4) is 0 Å². The second-order valence-electron chi connectivity index (χ2n) is 6.36. The summed E-state index contributed by atoms with van der Waals surface area (Å²) in [4.78, 5) is 24.4. The molecule has 7 nitrogen and oxygen atoms in total. The first-order valence-electron chi connectivity index (χ1n) is 8.50. The summed E-state index contributed by atoms with van der Waals surface area (Å²) in [6.07, 6.45) is 5.22. The summed E-state index contributed by atoms with van der Waals surface area (Å²) in [5, 5.41) is 14.5. The quantitative estimate of drug-likeness (QED) is 0.353. The molecule has 0 amide bonds. The number of ether oxygens (including phenoxy) is 1. The minimum atomic E-state index is -0.499. The van der Waals surface area contributed by atoms with Crippen LogP contribution < -0.4 is 5.32 Å². The number of methoxy groups -OCH3 is 1. The zero-order valence-electron chi connectivity index (χ0n) is 14.7. The van der Waals surface area contributed by atoms with Gasteiger partial charge >= 0.3 is 5.97 Å². The van der Waals surface area contributed by atoms with Crippen molar-refractivity contribution in [3.63, 3.8) is 0 Å². The average Bonchev–Trinajstić information content (AvgIpc) is 2.60. The summed E-state index contributed by atoms with van der Waals surface area (Å²) < 4.78 is 4.51. The Kier molecular flexibility index (Phi) is 6.94. The highest BCUT2D eigenvalue weighted by Crippen LogP contribution is 2.26. The smallest absolute Gasteiger partial charge is 0.330 e. The summed E-state index contributed by atoms with van der Waals surface area (Å²) in [5.74, 6) is 0.213. The van der Waals surface area contributed by atoms with Gasteiger partial charge in [-0.25, -0.2) is 4.79 Å². The Morgan fingerprint density at radius 3 is 3.00 bits per heavy atom. The first-order valence-corrected chi connectivity index (χ1v) is 8.50. The number of nitrogens with zero attached hydrogens (tertiary/aromatic N) is 2. The summed E-state index contributed by atoms with van der Waals surface area (Å²) in [6, 6.07) is 4.86. The van der Waals surface area contributed by atoms with Crippen LogP contribution in [0.1, 0.15) is 25.3 Å². The van der Waals surface area contributed by atoms with Gasteiger partial charge < -0.3 is 15.0 Å². The van der Waals surface area contributed by atoms with E-state index in [0.717, 1.165) is 19.6 Å². The van der Waals surface area contributed by atoms with E-state index in [-0.39, 0.29) is 5.69 Å². The predicted molar refractivity (Wildman–Crippen MR) is 97.5 cm³/mol. The first kappa shape index (κ1) is 18.9. The van der Waals surface area contributed by atoms with Crippen LogP contribution in [0.3, 0.4) is 0 Å². The van der Waals surface area contributed by atoms with E-state index in [1.807, 2.05) is 0 Å². The molecule has 7 heteroatoms. The van der Waals surface area contributed by atoms with E-state index in [9.17, 15) is 14.9 Å². The van der Waals surface area contributed by atoms with Gasteiger partial charge in [0.2, 0.25) is 0 Å². The fraction of sp³-hybridized carbons (Fsp3) is 0.500. The Morgan fingerprint density at radius 1 is 1.52 bits per heavy atom. The fourth-order valence-corrected chi connectivity index (χ4v) is 3.02. The van der Waals surface area contributed by atoms with E-state index in [4.69, 9.17) is 0 Å². The molecule has 0 aromatic heterocycles. The molecule has 0 aliphatic carbocycles. The third-order valence-electron chi connectivity index (χ3n) is 4.32. The molecule has 0 spiro atoms. The van der Waals surface area contributed by atoms with Gasteiger partial charge in [0, 0.05) is 31.8 Å². The molecule has 1 fully saturated rings. The lowest BCUT2D eigenvalue weighted by molar-refractivity contribution is -0.384. The maximum Gasteiger partial charge on any atom is 0.330 e. The number of likely N-dealkylation sites (tertiary alicyclic amines) is 1. The van der Waals surface area contributed by atoms with Crippen molar-refractivity contribution in [2.75, 3.05) is 38.6 Å². The molecule has 1 heterocycles. The maximum absolute atomic E-state index is 11.3. The highest BCUT2D eigenvalue weighted by atomic mass is 16.6. The molecule has 0 radical (unpaired) electrons. The maximum atomic E-state index is 11.3. The monoisotopic (exact) mass is 347 g/mol. The van der Waals surface area contributed by atoms with Crippen molar-refractivity contribution in [1.29, 1.82) is 0 Å². The van der Waals surface area contributed by atoms with Crippen molar-refractivity contribution < 1.29 is 14.5 Å². The lowest BCUT2D eigenvalue weighted by Crippen LogP contribution is -2.37. The van der Waals surface area contributed by atoms with Gasteiger partial charge in [0.05, 0.1) is 12.0 Å². The lowest BCUT2D eigenvalue weighted by atomic mass is 10.0. The number of esters is 1. The molecule has 1 unspecified atom stereocenters. The fourth-order valence-electron chi connectivity index (χ4n) is 3.02. The number of rotatable bonds is 7. The number of nitro groups is 1. The van der Waals surface area contributed by atoms with Crippen LogP contribution >= 0.6 is 0 Å². The molecule has 1 aromatic carbocycles. The molecule has 0 bridgehead atoms. The predicted octanol–water partition coefficient (Wildman–Crippen LogP) is 2.92. The van der Waals surface area contributed by atoms with Crippen LogP contribution in [0, 0.1) is 16.0 Å². The molecule has 1 saturated heterocycles. The highest BCUT2D eigenvalue weighted by molar-refractivity contribution is 5.87. The largest absolute Gasteiger partial charge is 0.466 e. The summed E-state index contributed by atoms with van der Waals surface area (Å²) >= 11 is 0. The Hall–Kier alpha value is -2.41. The number of hydrogen-bond acceptors (Lipinski definition) is 6. The molecular formula is C18H25N3O4. The number of anilines is 1. The van der Waals surface area contributed by atoms with Crippen molar-refractivity contribution in [3.05, 3.63) is 40.0 Å². The second kappa shape index (κ2) is 9.17. The van der Waals surface area contributed by atoms with Crippen LogP contribution in [0.25, 0.3) is 6.08 Å². The van der Waals surface area contributed by atoms with E-state index in [0.29, 0.717) is 23.7 Å². The van der Waals surface area contributed by atoms with E-state index >= 15 is 0 Å². The van der Waals surface area contributed by atoms with Gasteiger partial charge in [0.15, 0.2) is 0 Å². The third kappa shape index (κ3) is 5.86. The van der Waals surface area contributed by atoms with Crippen LogP contribution in [0.2, 0.25) is 0 Å². The number of carbonyl (C=O) groups excluding carboxylic acids is 1. The topological polar surface area (TPSA) is 84.7 Å². The number of carbonyl (C=O) groups is 1. The van der Waals surface area contributed by atoms with Gasteiger partial charge in [-0.15, -0.1) is 0 Å². The zero-order chi connectivity index (χ0) is 18.2. The van der Waals surface area contributed by atoms with Gasteiger partial charge in [-0.05, 0) is 43.0 Å². The number of nitrogens with one attached hydrogen (secondary N) is 1. The van der Waals surface area contributed by atoms with Crippen LogP contribution in [0.15, 0.2) is 24.3 Å². The van der Waals surface area contributed by atoms with E-state index in [1.165, 1.54) is 38.2 Å². The number of piperidine rings is 1. The molecule has 136 valence electrons. The lowest BCUT2D eigenvalue weighted by Gasteiger charge is -2.30. The van der Waals surface area contributed by atoms with E-state index < -0.39 is 10.9 Å². The number of nitro benzene ring substituents is 1. The second-order valence-corrected chi connectivity index (χ2v) is 6.36. The van der Waals surface area contributed by atoms with Crippen molar-refractivity contribution in [2.24, 2.45) is 5.92 Å². The third-order valence-corrected chi connectivity index (χ3v) is 4.32. The molecule has 1 aliphatic heterocycles. The summed E-state index contributed by atoms with van der Waals surface area (Å²) in [6.45, 7) is 5.95. The Morgan fingerprint density at radius 2 is 2.32 bits per heavy atom. The summed E-state index contributed by atoms with van der Waals surface area (Å²) in [7, 11) is 1.28. The van der Waals surface area contributed by atoms with Crippen LogP contribution in [0.4, 0.5) is 11.4 Å². The Bertz CT molecular complexity index is 645. The molecule has 2 rings (SSSR count). The number of hydrogen-bond donors (Lipinski definition) is 1. The highest BCUT2D eigenvalue weighted by Gasteiger charge is 2.17. The van der Waals surface area contributed by atoms with Crippen molar-refractivity contribution in [1.82, 2.24) is 4.90 Å². The molecule has 25 heavy (non-hydrogen) atoms. The first-order chi connectivity index (χ1) is 12.0. The van der Waals surface area contributed by atoms with Gasteiger partial charge in [-0.1, -0.05) is 13.0 Å². The van der Waals surface area contributed by atoms with Crippen molar-refractivity contribution >= 4 is 23.4 Å². The normalized spacial score (nSPS) is 18.2. The SMILES string of the molecule is COC(=O)/C=C/c1ccc(NCCN2CCCC(C)C2)c([N+](=O)[O-])c1. The van der Waals surface area contributed by atoms with Crippen LogP contribution in [-0.4, -0.2) is 49.1 Å². The van der Waals surface area contributed by atoms with Gasteiger partial charge in [0.1, 0.15) is 5.69 Å². The molecule has 1 atom stereocenters. The zero-order valence-corrected chi connectivity index (χ0v) is 14.7. The average molecular weight is 347 g/mol. The van der Waals surface area contributed by atoms with Crippen LogP contribution in [-0.2, 0) is 9.53 Å². The molecule has 0 saturated carbocycles. The van der Waals surface area contributed by atoms with Crippen LogP contribution in [0.5, 0.6) is 0 Å². The molecule has 1 aliphatic rings. The number of benzene rings is 1. The van der Waals surface area contributed by atoms with Gasteiger partial charge in [-0.2, -0.15) is 0 Å². The van der Waals surface area contributed by atoms with Crippen molar-refractivity contribution in [2.45, 2.75) is 19.8 Å². The van der Waals surface area contributed by atoms with Gasteiger partial charge in [0.25, 0.3) is 5.69 Å².